The van der Waals surface area contributed by atoms with E-state index in [1.807, 2.05) is 27.2 Å². The zero-order valence-electron chi connectivity index (χ0n) is 51.5. The highest BCUT2D eigenvalue weighted by atomic mass is 31.2. The molecular weight excluding hydrogens is 960 g/mol. The molecule has 1 amide bonds. The number of carbonyl (C=O) groups is 1. The third-order valence-electron chi connectivity index (χ3n) is 15.3. The summed E-state index contributed by atoms with van der Waals surface area (Å²) < 4.78 is 23.8. The summed E-state index contributed by atoms with van der Waals surface area (Å²) in [6.07, 6.45) is 77.1. The molecule has 3 N–H and O–H groups in total. The molecule has 3 unspecified atom stereocenters. The summed E-state index contributed by atoms with van der Waals surface area (Å²) in [5.41, 5.74) is 0. The second-order valence-electron chi connectivity index (χ2n) is 24.2. The summed E-state index contributed by atoms with van der Waals surface area (Å²) in [4.78, 5) is 23.4. The summed E-state index contributed by atoms with van der Waals surface area (Å²) >= 11 is 0. The Hall–Kier alpha value is -1.28. The van der Waals surface area contributed by atoms with Crippen LogP contribution in [-0.4, -0.2) is 73.4 Å². The van der Waals surface area contributed by atoms with Crippen LogP contribution in [0.15, 0.2) is 36.5 Å². The van der Waals surface area contributed by atoms with Gasteiger partial charge in [-0.25, -0.2) is 4.57 Å². The van der Waals surface area contributed by atoms with Crippen LogP contribution < -0.4 is 5.32 Å². The smallest absolute Gasteiger partial charge is 0.387 e. The highest BCUT2D eigenvalue weighted by Gasteiger charge is 2.28. The highest BCUT2D eigenvalue weighted by molar-refractivity contribution is 7.47. The summed E-state index contributed by atoms with van der Waals surface area (Å²) in [7, 11) is 1.57. The van der Waals surface area contributed by atoms with Crippen LogP contribution >= 0.6 is 7.82 Å². The minimum absolute atomic E-state index is 0.0579. The Morgan fingerprint density at radius 2 is 0.724 bits per heavy atom. The molecule has 0 aliphatic heterocycles. The van der Waals surface area contributed by atoms with Gasteiger partial charge in [-0.05, 0) is 57.8 Å². The molecule has 0 saturated carbocycles. The number of likely N-dealkylation sites (N-methyl/N-ethyl adjacent to an activating group) is 1. The molecule has 0 rings (SSSR count). The first kappa shape index (κ1) is 74.7. The number of carbonyl (C=O) groups excluding carboxylic acids is 1. The third-order valence-corrected chi connectivity index (χ3v) is 16.3. The number of aliphatic hydroxyl groups excluding tert-OH is 1. The van der Waals surface area contributed by atoms with Gasteiger partial charge in [-0.2, -0.15) is 0 Å². The maximum absolute atomic E-state index is 13.0. The fourth-order valence-electron chi connectivity index (χ4n) is 10.1. The topological polar surface area (TPSA) is 105 Å². The molecule has 0 bridgehead atoms. The van der Waals surface area contributed by atoms with Gasteiger partial charge < -0.3 is 19.8 Å². The normalized spacial score (nSPS) is 13.9. The van der Waals surface area contributed by atoms with Crippen LogP contribution in [0.25, 0.3) is 0 Å². The SMILES string of the molecule is CCCCCCCCCC/C=C\CCCCCCCCCCCCCCCCCCCCCC(=O)NC(COP(=O)(O)OCC[N+](C)(C)C)C(O)/C=C/CC/C=C/CCCCCCCCCCCCCCCCCCC. The van der Waals surface area contributed by atoms with Crippen LogP contribution in [0.5, 0.6) is 0 Å². The lowest BCUT2D eigenvalue weighted by Gasteiger charge is -2.25. The van der Waals surface area contributed by atoms with E-state index in [1.54, 1.807) is 6.08 Å². The van der Waals surface area contributed by atoms with Crippen LogP contribution in [0.2, 0.25) is 0 Å². The van der Waals surface area contributed by atoms with Gasteiger partial charge in [-0.3, -0.25) is 13.8 Å². The van der Waals surface area contributed by atoms with Gasteiger partial charge in [0.1, 0.15) is 13.2 Å². The number of phosphoric ester groups is 1. The van der Waals surface area contributed by atoms with Crippen LogP contribution in [0.4, 0.5) is 0 Å². The Kier molecular flexibility index (Phi) is 57.4. The maximum Gasteiger partial charge on any atom is 0.472 e. The molecule has 450 valence electrons. The molecule has 0 aromatic heterocycles. The molecule has 0 aliphatic carbocycles. The Labute approximate surface area is 474 Å². The van der Waals surface area contributed by atoms with Crippen LogP contribution in [0.3, 0.4) is 0 Å². The fraction of sp³-hybridized carbons (Fsp3) is 0.896. The average molecular weight is 1090 g/mol. The van der Waals surface area contributed by atoms with Gasteiger partial charge in [0.2, 0.25) is 5.91 Å². The van der Waals surface area contributed by atoms with Crippen molar-refractivity contribution in [2.24, 2.45) is 0 Å². The number of hydrogen-bond acceptors (Lipinski definition) is 5. The Balaban J connectivity index is 4.09. The molecular formula is C67H132N2O6P+. The first-order valence-electron chi connectivity index (χ1n) is 33.4. The lowest BCUT2D eigenvalue weighted by Crippen LogP contribution is -2.45. The van der Waals surface area contributed by atoms with Gasteiger partial charge in [0, 0.05) is 6.42 Å². The molecule has 8 nitrogen and oxygen atoms in total. The molecule has 0 heterocycles. The van der Waals surface area contributed by atoms with E-state index in [1.165, 1.54) is 276 Å². The van der Waals surface area contributed by atoms with E-state index in [0.29, 0.717) is 17.4 Å². The van der Waals surface area contributed by atoms with E-state index in [2.05, 4.69) is 43.5 Å². The second kappa shape index (κ2) is 58.4. The number of allylic oxidation sites excluding steroid dienone is 5. The lowest BCUT2D eigenvalue weighted by molar-refractivity contribution is -0.870. The average Bonchev–Trinajstić information content (AvgIpc) is 3.38. The number of unbranched alkanes of at least 4 members (excludes halogenated alkanes) is 45. The van der Waals surface area contributed by atoms with Gasteiger partial charge in [-0.1, -0.05) is 307 Å². The fourth-order valence-corrected chi connectivity index (χ4v) is 10.9. The predicted octanol–water partition coefficient (Wildman–Crippen LogP) is 20.9. The number of quaternary nitrogens is 1. The van der Waals surface area contributed by atoms with E-state index >= 15 is 0 Å². The number of phosphoric acid groups is 1. The second-order valence-corrected chi connectivity index (χ2v) is 25.6. The zero-order valence-corrected chi connectivity index (χ0v) is 52.4. The van der Waals surface area contributed by atoms with Gasteiger partial charge in [0.15, 0.2) is 0 Å². The van der Waals surface area contributed by atoms with Gasteiger partial charge >= 0.3 is 7.82 Å². The minimum Gasteiger partial charge on any atom is -0.387 e. The largest absolute Gasteiger partial charge is 0.472 e. The quantitative estimate of drug-likeness (QED) is 0.0243. The van der Waals surface area contributed by atoms with Crippen molar-refractivity contribution in [3.05, 3.63) is 36.5 Å². The van der Waals surface area contributed by atoms with Crippen LogP contribution in [0.1, 0.15) is 335 Å². The van der Waals surface area contributed by atoms with Gasteiger partial charge in [-0.15, -0.1) is 0 Å². The van der Waals surface area contributed by atoms with E-state index in [9.17, 15) is 19.4 Å². The third kappa shape index (κ3) is 60.4. The maximum atomic E-state index is 13.0. The van der Waals surface area contributed by atoms with Crippen LogP contribution in [0, 0.1) is 0 Å². The lowest BCUT2D eigenvalue weighted by atomic mass is 10.0. The number of nitrogens with one attached hydrogen (secondary N) is 1. The molecule has 0 aromatic carbocycles. The molecule has 0 radical (unpaired) electrons. The Morgan fingerprint density at radius 3 is 1.05 bits per heavy atom. The van der Waals surface area contributed by atoms with E-state index in [-0.39, 0.29) is 19.1 Å². The van der Waals surface area contributed by atoms with Crippen molar-refractivity contribution in [2.75, 3.05) is 40.9 Å². The standard InChI is InChI=1S/C67H131N2O6P/c1-6-8-10-12-14-16-18-20-22-24-26-28-30-31-32-33-34-35-36-37-39-41-43-45-47-49-51-53-55-57-59-61-67(71)68-65(64-75-76(72,73)74-63-62-69(3,4)5)66(70)60-58-56-54-52-50-48-46-44-42-40-38-29-27-25-23-21-19-17-15-13-11-9-7-2/h24,26,50,52,58,60,65-66,70H,6-23,25,27-49,51,53-57,59,61-64H2,1-5H3,(H-,68,71,72,73)/p+1/b26-24-,52-50+,60-58+. The molecule has 0 aliphatic rings. The van der Waals surface area contributed by atoms with Crippen molar-refractivity contribution in [1.82, 2.24) is 5.32 Å². The van der Waals surface area contributed by atoms with Gasteiger partial charge in [0.25, 0.3) is 0 Å². The summed E-state index contributed by atoms with van der Waals surface area (Å²) in [5.74, 6) is -0.180. The number of nitrogens with zero attached hydrogens (tertiary/aromatic N) is 1. The van der Waals surface area contributed by atoms with Crippen molar-refractivity contribution in [3.63, 3.8) is 0 Å². The molecule has 0 spiro atoms. The van der Waals surface area contributed by atoms with Crippen molar-refractivity contribution >= 4 is 13.7 Å². The molecule has 0 aromatic rings. The van der Waals surface area contributed by atoms with Crippen molar-refractivity contribution in [3.8, 4) is 0 Å². The molecule has 0 saturated heterocycles. The van der Waals surface area contributed by atoms with E-state index in [0.717, 1.165) is 38.5 Å². The first-order valence-corrected chi connectivity index (χ1v) is 34.9. The van der Waals surface area contributed by atoms with Crippen molar-refractivity contribution in [1.29, 1.82) is 0 Å². The van der Waals surface area contributed by atoms with E-state index in [4.69, 9.17) is 9.05 Å². The predicted molar refractivity (Wildman–Crippen MR) is 332 cm³/mol. The summed E-state index contributed by atoms with van der Waals surface area (Å²) in [6, 6.07) is -0.863. The monoisotopic (exact) mass is 1090 g/mol. The Morgan fingerprint density at radius 1 is 0.434 bits per heavy atom. The Bertz CT molecular complexity index is 1330. The van der Waals surface area contributed by atoms with E-state index < -0.39 is 20.0 Å². The molecule has 76 heavy (non-hydrogen) atoms. The van der Waals surface area contributed by atoms with Gasteiger partial charge in [0.05, 0.1) is 39.9 Å². The highest BCUT2D eigenvalue weighted by Crippen LogP contribution is 2.43. The van der Waals surface area contributed by atoms with Crippen LogP contribution in [-0.2, 0) is 18.4 Å². The minimum atomic E-state index is -4.36. The first-order chi connectivity index (χ1) is 37.0. The summed E-state index contributed by atoms with van der Waals surface area (Å²) in [5, 5.41) is 14.0. The van der Waals surface area contributed by atoms with Crippen molar-refractivity contribution < 1.29 is 32.9 Å². The summed E-state index contributed by atoms with van der Waals surface area (Å²) in [6.45, 7) is 4.85. The molecule has 9 heteroatoms. The molecule has 3 atom stereocenters. The zero-order chi connectivity index (χ0) is 55.6. The number of amides is 1. The molecule has 0 fully saturated rings. The van der Waals surface area contributed by atoms with Crippen molar-refractivity contribution in [2.45, 2.75) is 347 Å². The number of aliphatic hydroxyl groups is 1. The number of hydrogen-bond donors (Lipinski definition) is 3. The number of rotatable bonds is 62.